The largest absolute Gasteiger partial charge is 0.341 e. The zero-order valence-corrected chi connectivity index (χ0v) is 14.2. The summed E-state index contributed by atoms with van der Waals surface area (Å²) >= 11 is 1.45. The Morgan fingerprint density at radius 3 is 2.54 bits per heavy atom. The zero-order chi connectivity index (χ0) is 17.4. The molecule has 0 unspecified atom stereocenters. The molecular weight excluding hydrogens is 320 g/mol. The van der Waals surface area contributed by atoms with Crippen LogP contribution in [-0.4, -0.2) is 24.1 Å². The van der Waals surface area contributed by atoms with Crippen molar-refractivity contribution < 1.29 is 9.59 Å². The van der Waals surface area contributed by atoms with Crippen LogP contribution in [0.15, 0.2) is 53.4 Å². The van der Waals surface area contributed by atoms with Crippen molar-refractivity contribution >= 4 is 29.3 Å². The van der Waals surface area contributed by atoms with Crippen molar-refractivity contribution in [2.45, 2.75) is 11.8 Å². The van der Waals surface area contributed by atoms with Gasteiger partial charge >= 0.3 is 0 Å². The number of anilines is 1. The van der Waals surface area contributed by atoms with Gasteiger partial charge in [0, 0.05) is 4.90 Å². The van der Waals surface area contributed by atoms with Gasteiger partial charge in [0.25, 0.3) is 5.91 Å². The van der Waals surface area contributed by atoms with Crippen LogP contribution in [0, 0.1) is 19.3 Å². The highest BCUT2D eigenvalue weighted by atomic mass is 32.2. The van der Waals surface area contributed by atoms with Crippen molar-refractivity contribution in [1.29, 1.82) is 0 Å². The fourth-order valence-corrected chi connectivity index (χ4v) is 2.68. The molecule has 2 N–H and O–H groups in total. The Morgan fingerprint density at radius 1 is 1.12 bits per heavy atom. The van der Waals surface area contributed by atoms with Gasteiger partial charge in [-0.25, -0.2) is 0 Å². The van der Waals surface area contributed by atoms with Crippen molar-refractivity contribution in [3.63, 3.8) is 0 Å². The number of terminal acetylenes is 1. The van der Waals surface area contributed by atoms with E-state index in [-0.39, 0.29) is 24.1 Å². The molecule has 2 aromatic rings. The molecule has 0 saturated carbocycles. The van der Waals surface area contributed by atoms with Gasteiger partial charge in [0.05, 0.1) is 23.5 Å². The van der Waals surface area contributed by atoms with Gasteiger partial charge in [0.1, 0.15) is 0 Å². The summed E-state index contributed by atoms with van der Waals surface area (Å²) in [6, 6.07) is 14.8. The molecule has 0 aromatic heterocycles. The average Bonchev–Trinajstić information content (AvgIpc) is 2.59. The summed E-state index contributed by atoms with van der Waals surface area (Å²) in [6.07, 6.45) is 5.14. The third-order valence-corrected chi connectivity index (χ3v) is 4.20. The first-order valence-electron chi connectivity index (χ1n) is 7.40. The third kappa shape index (κ3) is 5.18. The Hall–Kier alpha value is -2.71. The molecule has 4 nitrogen and oxygen atoms in total. The standard InChI is InChI=1S/C19H18N2O2S/c1-3-12-20-19(23)16-6-4-5-7-17(16)21-18(22)13-24-15-10-8-14(2)9-11-15/h1,4-11H,12-13H2,2H3,(H,20,23)(H,21,22). The van der Waals surface area contributed by atoms with Crippen molar-refractivity contribution in [2.75, 3.05) is 17.6 Å². The number of nitrogens with one attached hydrogen (secondary N) is 2. The van der Waals surface area contributed by atoms with E-state index in [0.29, 0.717) is 11.3 Å². The highest BCUT2D eigenvalue weighted by molar-refractivity contribution is 8.00. The molecule has 0 atom stereocenters. The smallest absolute Gasteiger partial charge is 0.254 e. The SMILES string of the molecule is C#CCNC(=O)c1ccccc1NC(=O)CSc1ccc(C)cc1. The Balaban J connectivity index is 1.97. The first kappa shape index (κ1) is 17.6. The summed E-state index contributed by atoms with van der Waals surface area (Å²) < 4.78 is 0. The summed E-state index contributed by atoms with van der Waals surface area (Å²) in [5.74, 6) is 2.14. The number of thioether (sulfide) groups is 1. The maximum Gasteiger partial charge on any atom is 0.254 e. The second kappa shape index (κ2) is 8.80. The maximum atomic E-state index is 12.1. The number of hydrogen-bond donors (Lipinski definition) is 2. The lowest BCUT2D eigenvalue weighted by atomic mass is 10.1. The first-order valence-corrected chi connectivity index (χ1v) is 8.38. The van der Waals surface area contributed by atoms with E-state index in [2.05, 4.69) is 16.6 Å². The predicted molar refractivity (Wildman–Crippen MR) is 98.1 cm³/mol. The predicted octanol–water partition coefficient (Wildman–Crippen LogP) is 3.09. The van der Waals surface area contributed by atoms with Gasteiger partial charge in [0.15, 0.2) is 0 Å². The van der Waals surface area contributed by atoms with E-state index < -0.39 is 0 Å². The van der Waals surface area contributed by atoms with Crippen LogP contribution in [0.3, 0.4) is 0 Å². The number of hydrogen-bond acceptors (Lipinski definition) is 3. The Bertz CT molecular complexity index is 764. The second-order valence-electron chi connectivity index (χ2n) is 5.08. The lowest BCUT2D eigenvalue weighted by Crippen LogP contribution is -2.25. The molecule has 0 radical (unpaired) electrons. The van der Waals surface area contributed by atoms with E-state index in [9.17, 15) is 9.59 Å². The van der Waals surface area contributed by atoms with Gasteiger partial charge < -0.3 is 10.6 Å². The molecule has 24 heavy (non-hydrogen) atoms. The van der Waals surface area contributed by atoms with Crippen LogP contribution in [0.25, 0.3) is 0 Å². The number of carbonyl (C=O) groups is 2. The molecule has 0 spiro atoms. The number of benzene rings is 2. The van der Waals surface area contributed by atoms with Crippen molar-refractivity contribution in [1.82, 2.24) is 5.32 Å². The molecule has 0 aliphatic heterocycles. The molecule has 0 aliphatic rings. The molecular formula is C19H18N2O2S. The Kier molecular flexibility index (Phi) is 6.47. The summed E-state index contributed by atoms with van der Waals surface area (Å²) in [4.78, 5) is 25.2. The van der Waals surface area contributed by atoms with Crippen molar-refractivity contribution in [2.24, 2.45) is 0 Å². The lowest BCUT2D eigenvalue weighted by Gasteiger charge is -2.10. The molecule has 0 saturated heterocycles. The van der Waals surface area contributed by atoms with E-state index in [1.165, 1.54) is 17.3 Å². The minimum atomic E-state index is -0.310. The average molecular weight is 338 g/mol. The fourth-order valence-electron chi connectivity index (χ4n) is 1.99. The normalized spacial score (nSPS) is 9.83. The van der Waals surface area contributed by atoms with E-state index in [1.807, 2.05) is 31.2 Å². The summed E-state index contributed by atoms with van der Waals surface area (Å²) in [6.45, 7) is 2.16. The quantitative estimate of drug-likeness (QED) is 0.629. The van der Waals surface area contributed by atoms with E-state index in [0.717, 1.165) is 4.90 Å². The van der Waals surface area contributed by atoms with Crippen molar-refractivity contribution in [3.05, 3.63) is 59.7 Å². The van der Waals surface area contributed by atoms with Crippen LogP contribution >= 0.6 is 11.8 Å². The fraction of sp³-hybridized carbons (Fsp3) is 0.158. The topological polar surface area (TPSA) is 58.2 Å². The van der Waals surface area contributed by atoms with Gasteiger partial charge in [-0.1, -0.05) is 35.7 Å². The van der Waals surface area contributed by atoms with Crippen LogP contribution < -0.4 is 10.6 Å². The van der Waals surface area contributed by atoms with E-state index in [4.69, 9.17) is 6.42 Å². The second-order valence-corrected chi connectivity index (χ2v) is 6.13. The van der Waals surface area contributed by atoms with Crippen LogP contribution in [0.2, 0.25) is 0 Å². The number of amides is 2. The molecule has 2 amide bonds. The summed E-state index contributed by atoms with van der Waals surface area (Å²) in [5, 5.41) is 5.37. The highest BCUT2D eigenvalue weighted by Gasteiger charge is 2.12. The Morgan fingerprint density at radius 2 is 1.83 bits per heavy atom. The molecule has 2 aromatic carbocycles. The third-order valence-electron chi connectivity index (χ3n) is 3.19. The molecule has 122 valence electrons. The van der Waals surface area contributed by atoms with Crippen LogP contribution in [0.4, 0.5) is 5.69 Å². The van der Waals surface area contributed by atoms with Crippen LogP contribution in [0.5, 0.6) is 0 Å². The van der Waals surface area contributed by atoms with Gasteiger partial charge in [-0.15, -0.1) is 18.2 Å². The minimum absolute atomic E-state index is 0.143. The van der Waals surface area contributed by atoms with Gasteiger partial charge in [-0.05, 0) is 31.2 Å². The van der Waals surface area contributed by atoms with Crippen LogP contribution in [0.1, 0.15) is 15.9 Å². The maximum absolute atomic E-state index is 12.1. The molecule has 0 heterocycles. The van der Waals surface area contributed by atoms with Gasteiger partial charge in [0.2, 0.25) is 5.91 Å². The van der Waals surface area contributed by atoms with Crippen LogP contribution in [-0.2, 0) is 4.79 Å². The zero-order valence-electron chi connectivity index (χ0n) is 13.3. The summed E-state index contributed by atoms with van der Waals surface area (Å²) in [5.41, 5.74) is 2.04. The Labute approximate surface area is 146 Å². The molecule has 2 rings (SSSR count). The van der Waals surface area contributed by atoms with E-state index >= 15 is 0 Å². The number of carbonyl (C=O) groups excluding carboxylic acids is 2. The molecule has 0 fully saturated rings. The molecule has 0 bridgehead atoms. The van der Waals surface area contributed by atoms with Gasteiger partial charge in [-0.2, -0.15) is 0 Å². The minimum Gasteiger partial charge on any atom is -0.341 e. The molecule has 5 heteroatoms. The summed E-state index contributed by atoms with van der Waals surface area (Å²) in [7, 11) is 0. The number of aryl methyl sites for hydroxylation is 1. The number of rotatable bonds is 6. The number of para-hydroxylation sites is 1. The van der Waals surface area contributed by atoms with Gasteiger partial charge in [-0.3, -0.25) is 9.59 Å². The first-order chi connectivity index (χ1) is 11.6. The highest BCUT2D eigenvalue weighted by Crippen LogP contribution is 2.20. The van der Waals surface area contributed by atoms with E-state index in [1.54, 1.807) is 24.3 Å². The molecule has 0 aliphatic carbocycles. The monoisotopic (exact) mass is 338 g/mol. The lowest BCUT2D eigenvalue weighted by molar-refractivity contribution is -0.113. The van der Waals surface area contributed by atoms with Crippen molar-refractivity contribution in [3.8, 4) is 12.3 Å².